The molecule has 1 aromatic carbocycles. The summed E-state index contributed by atoms with van der Waals surface area (Å²) < 4.78 is 0. The van der Waals surface area contributed by atoms with Gasteiger partial charge in [-0.25, -0.2) is 0 Å². The molecule has 2 saturated heterocycles. The van der Waals surface area contributed by atoms with Crippen LogP contribution in [-0.4, -0.2) is 90.3 Å². The number of benzene rings is 1. The summed E-state index contributed by atoms with van der Waals surface area (Å²) in [6.45, 7) is 8.17. The van der Waals surface area contributed by atoms with Crippen LogP contribution in [0, 0.1) is 5.92 Å². The van der Waals surface area contributed by atoms with Crippen molar-refractivity contribution in [2.45, 2.75) is 32.2 Å². The summed E-state index contributed by atoms with van der Waals surface area (Å²) in [5.74, 6) is 0.781. The number of carbonyl (C=O) groups excluding carboxylic acids is 2. The van der Waals surface area contributed by atoms with Crippen molar-refractivity contribution in [1.82, 2.24) is 19.6 Å². The molecule has 29 heavy (non-hydrogen) atoms. The van der Waals surface area contributed by atoms with E-state index < -0.39 is 0 Å². The molecule has 1 aromatic rings. The Balaban J connectivity index is 1.16. The molecule has 4 rings (SSSR count). The first kappa shape index (κ1) is 20.4. The molecular weight excluding hydrogens is 364 g/mol. The largest absolute Gasteiger partial charge is 0.339 e. The number of hydrogen-bond donors (Lipinski definition) is 0. The highest BCUT2D eigenvalue weighted by molar-refractivity contribution is 5.81. The SMILES string of the molecule is O=C(CN1CCN(Cc2ccccc2)CC1)N1CCN(C(=O)C2CCCC2)CC1. The van der Waals surface area contributed by atoms with Crippen molar-refractivity contribution in [2.75, 3.05) is 58.9 Å². The third-order valence-corrected chi connectivity index (χ3v) is 6.72. The summed E-state index contributed by atoms with van der Waals surface area (Å²) in [7, 11) is 0. The Hall–Kier alpha value is -1.92. The molecule has 0 bridgehead atoms. The molecule has 6 heteroatoms. The van der Waals surface area contributed by atoms with Gasteiger partial charge in [0.15, 0.2) is 0 Å². The van der Waals surface area contributed by atoms with E-state index in [9.17, 15) is 9.59 Å². The predicted molar refractivity (Wildman–Crippen MR) is 113 cm³/mol. The van der Waals surface area contributed by atoms with Gasteiger partial charge in [0.2, 0.25) is 11.8 Å². The molecule has 0 radical (unpaired) electrons. The first-order chi connectivity index (χ1) is 14.2. The van der Waals surface area contributed by atoms with Gasteiger partial charge in [0.05, 0.1) is 6.54 Å². The van der Waals surface area contributed by atoms with Crippen molar-refractivity contribution < 1.29 is 9.59 Å². The van der Waals surface area contributed by atoms with Crippen molar-refractivity contribution in [3.05, 3.63) is 35.9 Å². The number of nitrogens with zero attached hydrogens (tertiary/aromatic N) is 4. The van der Waals surface area contributed by atoms with E-state index in [0.717, 1.165) is 45.6 Å². The van der Waals surface area contributed by atoms with Crippen LogP contribution in [0.4, 0.5) is 0 Å². The molecule has 2 aliphatic heterocycles. The summed E-state index contributed by atoms with van der Waals surface area (Å²) in [6.07, 6.45) is 4.48. The molecule has 2 heterocycles. The van der Waals surface area contributed by atoms with Crippen LogP contribution < -0.4 is 0 Å². The Morgan fingerprint density at radius 1 is 0.759 bits per heavy atom. The van der Waals surface area contributed by atoms with Crippen molar-refractivity contribution in [2.24, 2.45) is 5.92 Å². The zero-order chi connectivity index (χ0) is 20.1. The molecule has 2 amide bonds. The maximum Gasteiger partial charge on any atom is 0.236 e. The molecule has 1 saturated carbocycles. The summed E-state index contributed by atoms with van der Waals surface area (Å²) in [5, 5.41) is 0. The van der Waals surface area contributed by atoms with E-state index in [0.29, 0.717) is 38.6 Å². The molecule has 0 spiro atoms. The number of rotatable bonds is 5. The van der Waals surface area contributed by atoms with Crippen LogP contribution >= 0.6 is 0 Å². The minimum atomic E-state index is 0.217. The fraction of sp³-hybridized carbons (Fsp3) is 0.652. The summed E-state index contributed by atoms with van der Waals surface area (Å²) in [5.41, 5.74) is 1.35. The molecular formula is C23H34N4O2. The first-order valence-corrected chi connectivity index (χ1v) is 11.2. The molecule has 0 atom stereocenters. The molecule has 0 aromatic heterocycles. The molecule has 6 nitrogen and oxygen atoms in total. The van der Waals surface area contributed by atoms with Crippen molar-refractivity contribution in [3.63, 3.8) is 0 Å². The van der Waals surface area contributed by atoms with E-state index in [1.807, 2.05) is 9.80 Å². The normalized spacial score (nSPS) is 22.2. The highest BCUT2D eigenvalue weighted by atomic mass is 16.2. The van der Waals surface area contributed by atoms with E-state index in [4.69, 9.17) is 0 Å². The second-order valence-corrected chi connectivity index (χ2v) is 8.73. The number of hydrogen-bond acceptors (Lipinski definition) is 4. The van der Waals surface area contributed by atoms with Crippen LogP contribution in [0.5, 0.6) is 0 Å². The van der Waals surface area contributed by atoms with Crippen LogP contribution in [0.1, 0.15) is 31.2 Å². The minimum Gasteiger partial charge on any atom is -0.339 e. The Kier molecular flexibility index (Phi) is 6.82. The van der Waals surface area contributed by atoms with Crippen LogP contribution in [0.15, 0.2) is 30.3 Å². The maximum atomic E-state index is 12.7. The topological polar surface area (TPSA) is 47.1 Å². The van der Waals surface area contributed by atoms with Crippen molar-refractivity contribution >= 4 is 11.8 Å². The molecule has 0 unspecified atom stereocenters. The lowest BCUT2D eigenvalue weighted by molar-refractivity contribution is -0.142. The van der Waals surface area contributed by atoms with Crippen LogP contribution in [0.2, 0.25) is 0 Å². The smallest absolute Gasteiger partial charge is 0.236 e. The Morgan fingerprint density at radius 2 is 1.34 bits per heavy atom. The quantitative estimate of drug-likeness (QED) is 0.757. The van der Waals surface area contributed by atoms with Gasteiger partial charge in [-0.1, -0.05) is 43.2 Å². The molecule has 3 aliphatic rings. The van der Waals surface area contributed by atoms with E-state index in [2.05, 4.69) is 40.1 Å². The summed E-state index contributed by atoms with van der Waals surface area (Å²) in [6, 6.07) is 10.6. The second kappa shape index (κ2) is 9.72. The third kappa shape index (κ3) is 5.37. The Morgan fingerprint density at radius 3 is 2.00 bits per heavy atom. The standard InChI is InChI=1S/C23H34N4O2/c28-22(26-14-16-27(17-15-26)23(29)21-8-4-5-9-21)19-25-12-10-24(11-13-25)18-20-6-2-1-3-7-20/h1-3,6-7,21H,4-5,8-19H2. The van der Waals surface area contributed by atoms with Gasteiger partial charge in [0.25, 0.3) is 0 Å². The lowest BCUT2D eigenvalue weighted by Gasteiger charge is -2.38. The van der Waals surface area contributed by atoms with Gasteiger partial charge in [-0.05, 0) is 18.4 Å². The van der Waals surface area contributed by atoms with Gasteiger partial charge in [-0.3, -0.25) is 19.4 Å². The van der Waals surface area contributed by atoms with Crippen LogP contribution in [0.3, 0.4) is 0 Å². The zero-order valence-corrected chi connectivity index (χ0v) is 17.5. The lowest BCUT2D eigenvalue weighted by Crippen LogP contribution is -2.55. The monoisotopic (exact) mass is 398 g/mol. The second-order valence-electron chi connectivity index (χ2n) is 8.73. The van der Waals surface area contributed by atoms with E-state index >= 15 is 0 Å². The average molecular weight is 399 g/mol. The van der Waals surface area contributed by atoms with Gasteiger partial charge in [0, 0.05) is 64.8 Å². The van der Waals surface area contributed by atoms with E-state index in [1.165, 1.54) is 18.4 Å². The molecule has 3 fully saturated rings. The van der Waals surface area contributed by atoms with Gasteiger partial charge in [-0.15, -0.1) is 0 Å². The average Bonchev–Trinajstić information content (AvgIpc) is 3.30. The van der Waals surface area contributed by atoms with Gasteiger partial charge >= 0.3 is 0 Å². The fourth-order valence-corrected chi connectivity index (χ4v) is 4.85. The summed E-state index contributed by atoms with van der Waals surface area (Å²) in [4.78, 5) is 34.0. The van der Waals surface area contributed by atoms with Gasteiger partial charge < -0.3 is 9.80 Å². The molecule has 0 N–H and O–H groups in total. The zero-order valence-electron chi connectivity index (χ0n) is 17.5. The lowest BCUT2D eigenvalue weighted by atomic mass is 10.1. The highest BCUT2D eigenvalue weighted by Crippen LogP contribution is 2.27. The van der Waals surface area contributed by atoms with Crippen LogP contribution in [0.25, 0.3) is 0 Å². The van der Waals surface area contributed by atoms with Crippen LogP contribution in [-0.2, 0) is 16.1 Å². The van der Waals surface area contributed by atoms with Crippen molar-refractivity contribution in [1.29, 1.82) is 0 Å². The minimum absolute atomic E-state index is 0.217. The first-order valence-electron chi connectivity index (χ1n) is 11.2. The number of piperazine rings is 2. The van der Waals surface area contributed by atoms with E-state index in [1.54, 1.807) is 0 Å². The fourth-order valence-electron chi connectivity index (χ4n) is 4.85. The van der Waals surface area contributed by atoms with E-state index in [-0.39, 0.29) is 11.8 Å². The maximum absolute atomic E-state index is 12.7. The highest BCUT2D eigenvalue weighted by Gasteiger charge is 2.31. The predicted octanol–water partition coefficient (Wildman–Crippen LogP) is 1.67. The van der Waals surface area contributed by atoms with Gasteiger partial charge in [0.1, 0.15) is 0 Å². The van der Waals surface area contributed by atoms with Gasteiger partial charge in [-0.2, -0.15) is 0 Å². The number of carbonyl (C=O) groups is 2. The summed E-state index contributed by atoms with van der Waals surface area (Å²) >= 11 is 0. The Bertz CT molecular complexity index is 673. The number of amides is 2. The Labute approximate surface area is 174 Å². The third-order valence-electron chi connectivity index (χ3n) is 6.72. The molecule has 1 aliphatic carbocycles. The van der Waals surface area contributed by atoms with Crippen molar-refractivity contribution in [3.8, 4) is 0 Å². The molecule has 158 valence electrons.